The van der Waals surface area contributed by atoms with Gasteiger partial charge in [-0.05, 0) is 51.1 Å². The molecule has 0 radical (unpaired) electrons. The number of anilines is 1. The number of nitrogens with zero attached hydrogens (tertiary/aromatic N) is 5. The molecule has 1 aromatic carbocycles. The van der Waals surface area contributed by atoms with Crippen molar-refractivity contribution in [2.45, 2.75) is 57.5 Å². The molecule has 1 fully saturated rings. The Labute approximate surface area is 285 Å². The van der Waals surface area contributed by atoms with Gasteiger partial charge in [0.05, 0.1) is 23.8 Å². The predicted octanol–water partition coefficient (Wildman–Crippen LogP) is -0.728. The molecular weight excluding hydrogens is 686 g/mol. The molecule has 9 N–H and O–H groups in total. The standard InChI is InChI=1S/C28H37N9O10S2/c1-28(2)23(25(39)37(28)47-49(42,43)44)33-24(38)22(20-16-48-27(31)32-20)34-46-21(26(40)41)15-45-19-7-5-17(6-8-19)18-13-35(11-3-9-29)36(14-18)12-4-10-30/h5-8,13-14,16,21,23H,3-4,9-12,15,29-30H2,1-2H3,(H4-,31,32,33,38,40,41,42,43,44)/p+1/b34-22-/t21-,23+/m0/s1. The third-order valence-electron chi connectivity index (χ3n) is 7.33. The minimum Gasteiger partial charge on any atom is -0.489 e. The number of carboxylic acid groups (broad SMARTS) is 1. The molecule has 1 saturated heterocycles. The number of thiazole rings is 1. The lowest BCUT2D eigenvalue weighted by molar-refractivity contribution is -0.775. The maximum Gasteiger partial charge on any atom is 0.418 e. The molecule has 2 atom stereocenters. The third kappa shape index (κ3) is 9.28. The molecule has 0 unspecified atom stereocenters. The molecule has 266 valence electrons. The SMILES string of the molecule is CC1(C)[C@H](NC(=O)/C(=N\O[C@@H](COc2ccc(-c3cn(CCCN)[n+](CCCN)c3)cc2)C(=O)O)c2csc(N)n2)C(=O)N1OS(=O)(=O)O. The van der Waals surface area contributed by atoms with Gasteiger partial charge in [0, 0.05) is 11.8 Å². The molecule has 0 saturated carbocycles. The van der Waals surface area contributed by atoms with E-state index in [1.165, 1.54) is 19.2 Å². The van der Waals surface area contributed by atoms with Crippen LogP contribution in [0.4, 0.5) is 5.13 Å². The molecule has 0 bridgehead atoms. The van der Waals surface area contributed by atoms with Crippen molar-refractivity contribution < 1.29 is 51.0 Å². The van der Waals surface area contributed by atoms with Crippen molar-refractivity contribution in [3.8, 4) is 16.9 Å². The average molecular weight is 725 g/mol. The van der Waals surface area contributed by atoms with Crippen LogP contribution in [0.3, 0.4) is 0 Å². The van der Waals surface area contributed by atoms with Crippen molar-refractivity contribution >= 4 is 50.4 Å². The van der Waals surface area contributed by atoms with E-state index in [9.17, 15) is 27.9 Å². The third-order valence-corrected chi connectivity index (χ3v) is 8.34. The van der Waals surface area contributed by atoms with E-state index < -0.39 is 58.2 Å². The molecule has 0 aliphatic carbocycles. The van der Waals surface area contributed by atoms with Gasteiger partial charge in [0.25, 0.3) is 17.9 Å². The Morgan fingerprint density at radius 3 is 2.45 bits per heavy atom. The van der Waals surface area contributed by atoms with Crippen LogP contribution in [0.1, 0.15) is 32.4 Å². The highest BCUT2D eigenvalue weighted by Crippen LogP contribution is 2.33. The summed E-state index contributed by atoms with van der Waals surface area (Å²) in [5.41, 5.74) is 16.9. The maximum absolute atomic E-state index is 13.2. The summed E-state index contributed by atoms with van der Waals surface area (Å²) in [6.07, 6.45) is 3.98. The van der Waals surface area contributed by atoms with Crippen molar-refractivity contribution in [1.82, 2.24) is 20.0 Å². The van der Waals surface area contributed by atoms with Gasteiger partial charge >= 0.3 is 16.4 Å². The first kappa shape index (κ1) is 37.2. The van der Waals surface area contributed by atoms with E-state index in [4.69, 9.17) is 31.3 Å². The quantitative estimate of drug-likeness (QED) is 0.0310. The number of β-lactam (4-membered cyclic amide) rings is 1. The number of nitrogens with one attached hydrogen (secondary N) is 1. The number of hydroxylamine groups is 2. The van der Waals surface area contributed by atoms with Gasteiger partial charge in [0.1, 0.15) is 24.1 Å². The number of oxime groups is 1. The zero-order chi connectivity index (χ0) is 35.9. The number of nitrogens with two attached hydrogens (primary N) is 3. The lowest BCUT2D eigenvalue weighted by atomic mass is 9.84. The highest BCUT2D eigenvalue weighted by Gasteiger charge is 2.58. The molecule has 0 spiro atoms. The minimum absolute atomic E-state index is 0.0577. The summed E-state index contributed by atoms with van der Waals surface area (Å²) in [6, 6.07) is 5.65. The highest BCUT2D eigenvalue weighted by atomic mass is 32.3. The molecule has 4 rings (SSSR count). The Morgan fingerprint density at radius 2 is 1.88 bits per heavy atom. The van der Waals surface area contributed by atoms with E-state index in [1.807, 2.05) is 24.5 Å². The summed E-state index contributed by atoms with van der Waals surface area (Å²) in [5, 5.41) is 17.7. The van der Waals surface area contributed by atoms with Gasteiger partial charge in [0.15, 0.2) is 17.4 Å². The monoisotopic (exact) mass is 724 g/mol. The number of aryl methyl sites for hydroxylation is 2. The molecule has 1 aliphatic heterocycles. The van der Waals surface area contributed by atoms with Gasteiger partial charge < -0.3 is 37.2 Å². The van der Waals surface area contributed by atoms with Crippen LogP contribution >= 0.6 is 11.3 Å². The van der Waals surface area contributed by atoms with Crippen molar-refractivity contribution in [3.63, 3.8) is 0 Å². The maximum atomic E-state index is 13.2. The summed E-state index contributed by atoms with van der Waals surface area (Å²) in [7, 11) is -5.02. The number of carbonyl (C=O) groups excluding carboxylic acids is 2. The number of ether oxygens (including phenoxy) is 1. The number of nitrogen functional groups attached to an aromatic ring is 1. The summed E-state index contributed by atoms with van der Waals surface area (Å²) >= 11 is 0.959. The Balaban J connectivity index is 1.45. The second kappa shape index (κ2) is 15.7. The summed E-state index contributed by atoms with van der Waals surface area (Å²) in [4.78, 5) is 47.0. The number of aliphatic carboxylic acids is 1. The lowest BCUT2D eigenvalue weighted by Crippen LogP contribution is -2.76. The topological polar surface area (TPSA) is 281 Å². The summed E-state index contributed by atoms with van der Waals surface area (Å²) in [6.45, 7) is 4.85. The first-order valence-electron chi connectivity index (χ1n) is 14.9. The Hall–Kier alpha value is -4.67. The fourth-order valence-corrected chi connectivity index (χ4v) is 5.74. The summed E-state index contributed by atoms with van der Waals surface area (Å²) < 4.78 is 45.3. The number of amides is 2. The van der Waals surface area contributed by atoms with E-state index in [2.05, 4.69) is 29.1 Å². The highest BCUT2D eigenvalue weighted by molar-refractivity contribution is 7.80. The van der Waals surface area contributed by atoms with Crippen LogP contribution in [0, 0.1) is 0 Å². The van der Waals surface area contributed by atoms with Crippen LogP contribution < -0.4 is 31.9 Å². The number of rotatable bonds is 18. The van der Waals surface area contributed by atoms with Gasteiger partial charge in [-0.3, -0.25) is 14.1 Å². The zero-order valence-electron chi connectivity index (χ0n) is 26.6. The van der Waals surface area contributed by atoms with Crippen LogP contribution in [0.5, 0.6) is 5.75 Å². The van der Waals surface area contributed by atoms with Crippen LogP contribution in [-0.4, -0.2) is 93.7 Å². The average Bonchev–Trinajstić information content (AvgIpc) is 3.67. The largest absolute Gasteiger partial charge is 0.489 e. The van der Waals surface area contributed by atoms with Crippen molar-refractivity contribution in [2.75, 3.05) is 25.4 Å². The first-order chi connectivity index (χ1) is 23.1. The van der Waals surface area contributed by atoms with E-state index >= 15 is 0 Å². The molecular formula is C28H38N9O10S2+. The number of hydrogen-bond donors (Lipinski definition) is 6. The van der Waals surface area contributed by atoms with Gasteiger partial charge in [-0.15, -0.1) is 20.3 Å². The second-order valence-corrected chi connectivity index (χ2v) is 13.2. The molecule has 2 aromatic heterocycles. The van der Waals surface area contributed by atoms with E-state index in [0.29, 0.717) is 23.9 Å². The van der Waals surface area contributed by atoms with Gasteiger partial charge in [-0.25, -0.2) is 9.78 Å². The molecule has 19 nitrogen and oxygen atoms in total. The second-order valence-electron chi connectivity index (χ2n) is 11.3. The van der Waals surface area contributed by atoms with Crippen LogP contribution in [-0.2, 0) is 47.0 Å². The first-order valence-corrected chi connectivity index (χ1v) is 17.1. The fourth-order valence-electron chi connectivity index (χ4n) is 4.74. The van der Waals surface area contributed by atoms with E-state index in [1.54, 1.807) is 12.1 Å². The van der Waals surface area contributed by atoms with Crippen molar-refractivity contribution in [2.24, 2.45) is 16.6 Å². The Morgan fingerprint density at radius 1 is 1.18 bits per heavy atom. The lowest BCUT2D eigenvalue weighted by Gasteiger charge is -2.50. The van der Waals surface area contributed by atoms with E-state index in [0.717, 1.165) is 48.4 Å². The molecule has 21 heteroatoms. The predicted molar refractivity (Wildman–Crippen MR) is 174 cm³/mol. The summed E-state index contributed by atoms with van der Waals surface area (Å²) in [5.74, 6) is -3.13. The van der Waals surface area contributed by atoms with Gasteiger partial charge in [0.2, 0.25) is 6.20 Å². The van der Waals surface area contributed by atoms with Crippen LogP contribution in [0.2, 0.25) is 0 Å². The number of benzene rings is 1. The fraction of sp³-hybridized carbons (Fsp3) is 0.429. The number of carbonyl (C=O) groups is 3. The number of hydrogen-bond acceptors (Lipinski definition) is 14. The number of aromatic nitrogens is 3. The zero-order valence-corrected chi connectivity index (χ0v) is 28.2. The Kier molecular flexibility index (Phi) is 11.9. The Bertz CT molecular complexity index is 1770. The van der Waals surface area contributed by atoms with Crippen LogP contribution in [0.15, 0.2) is 47.2 Å². The smallest absolute Gasteiger partial charge is 0.418 e. The molecule has 49 heavy (non-hydrogen) atoms. The van der Waals surface area contributed by atoms with Gasteiger partial charge in [-0.2, -0.15) is 18.2 Å². The van der Waals surface area contributed by atoms with Gasteiger partial charge in [-0.1, -0.05) is 17.3 Å². The van der Waals surface area contributed by atoms with Crippen LogP contribution in [0.25, 0.3) is 11.1 Å². The minimum atomic E-state index is -5.02. The molecule has 3 aromatic rings. The molecule has 2 amide bonds. The van der Waals surface area contributed by atoms with Crippen molar-refractivity contribution in [1.29, 1.82) is 0 Å². The van der Waals surface area contributed by atoms with E-state index in [-0.39, 0.29) is 10.8 Å². The van der Waals surface area contributed by atoms with Crippen molar-refractivity contribution in [3.05, 3.63) is 47.7 Å². The number of carboxylic acids is 1. The normalized spacial score (nSPS) is 16.6. The molecule has 3 heterocycles. The molecule has 1 aliphatic rings.